The molecular formula is C27H33FN2O2. The van der Waals surface area contributed by atoms with Gasteiger partial charge in [0.1, 0.15) is 17.2 Å². The minimum Gasteiger partial charge on any atom is -0.497 e. The average molecular weight is 437 g/mol. The first-order chi connectivity index (χ1) is 15.4. The van der Waals surface area contributed by atoms with Crippen LogP contribution in [-0.4, -0.2) is 55.7 Å². The van der Waals surface area contributed by atoms with Gasteiger partial charge in [-0.05, 0) is 61.5 Å². The van der Waals surface area contributed by atoms with Crippen molar-refractivity contribution in [2.24, 2.45) is 0 Å². The standard InChI is InChI=1S/C27H33FN2O2/c1-29(19-20-30(2)21-22-7-5-4-6-8-22)18-17-27(31,23-9-13-25(28)14-10-23)24-11-15-26(32-3)16-12-24/h4-16,31H,17-21H2,1-3H3. The third kappa shape index (κ3) is 6.39. The molecule has 3 aromatic carbocycles. The molecular weight excluding hydrogens is 403 g/mol. The quantitative estimate of drug-likeness (QED) is 0.479. The van der Waals surface area contributed by atoms with Gasteiger partial charge in [-0.15, -0.1) is 0 Å². The minimum absolute atomic E-state index is 0.315. The summed E-state index contributed by atoms with van der Waals surface area (Å²) in [6.07, 6.45) is 0.490. The van der Waals surface area contributed by atoms with Gasteiger partial charge in [0.2, 0.25) is 0 Å². The summed E-state index contributed by atoms with van der Waals surface area (Å²) in [5.74, 6) is 0.415. The van der Waals surface area contributed by atoms with Crippen molar-refractivity contribution in [1.82, 2.24) is 9.80 Å². The molecule has 0 aliphatic carbocycles. The lowest BCUT2D eigenvalue weighted by molar-refractivity contribution is 0.0594. The molecule has 0 spiro atoms. The summed E-state index contributed by atoms with van der Waals surface area (Å²) in [6, 6.07) is 24.0. The predicted octanol–water partition coefficient (Wildman–Crippen LogP) is 4.52. The number of aliphatic hydroxyl groups is 1. The maximum atomic E-state index is 13.5. The highest BCUT2D eigenvalue weighted by atomic mass is 19.1. The van der Waals surface area contributed by atoms with E-state index in [9.17, 15) is 9.50 Å². The van der Waals surface area contributed by atoms with Crippen molar-refractivity contribution >= 4 is 0 Å². The van der Waals surface area contributed by atoms with Gasteiger partial charge < -0.3 is 19.6 Å². The highest BCUT2D eigenvalue weighted by molar-refractivity contribution is 5.39. The molecule has 0 aromatic heterocycles. The van der Waals surface area contributed by atoms with Crippen LogP contribution in [0.2, 0.25) is 0 Å². The summed E-state index contributed by atoms with van der Waals surface area (Å²) >= 11 is 0. The SMILES string of the molecule is COc1ccc(C(O)(CCN(C)CCN(C)Cc2ccccc2)c2ccc(F)cc2)cc1. The first-order valence-electron chi connectivity index (χ1n) is 10.9. The van der Waals surface area contributed by atoms with E-state index in [1.807, 2.05) is 30.3 Å². The molecule has 0 fully saturated rings. The van der Waals surface area contributed by atoms with Gasteiger partial charge in [-0.2, -0.15) is 0 Å². The van der Waals surface area contributed by atoms with E-state index in [0.29, 0.717) is 18.5 Å². The van der Waals surface area contributed by atoms with E-state index in [1.165, 1.54) is 17.7 Å². The van der Waals surface area contributed by atoms with Crippen LogP contribution < -0.4 is 4.74 Å². The fourth-order valence-corrected chi connectivity index (χ4v) is 3.83. The van der Waals surface area contributed by atoms with Crippen LogP contribution in [0.5, 0.6) is 5.75 Å². The van der Waals surface area contributed by atoms with Crippen LogP contribution in [0, 0.1) is 5.82 Å². The number of hydrogen-bond donors (Lipinski definition) is 1. The first-order valence-corrected chi connectivity index (χ1v) is 10.9. The van der Waals surface area contributed by atoms with Crippen molar-refractivity contribution in [3.8, 4) is 5.75 Å². The van der Waals surface area contributed by atoms with Crippen LogP contribution in [0.25, 0.3) is 0 Å². The summed E-state index contributed by atoms with van der Waals surface area (Å²) in [4.78, 5) is 4.51. The lowest BCUT2D eigenvalue weighted by Crippen LogP contribution is -2.36. The normalized spacial score (nSPS) is 13.3. The van der Waals surface area contributed by atoms with Crippen LogP contribution >= 0.6 is 0 Å². The van der Waals surface area contributed by atoms with Crippen molar-refractivity contribution in [1.29, 1.82) is 0 Å². The lowest BCUT2D eigenvalue weighted by Gasteiger charge is -2.32. The summed E-state index contributed by atoms with van der Waals surface area (Å²) in [5.41, 5.74) is 1.52. The molecule has 1 N–H and O–H groups in total. The molecule has 5 heteroatoms. The Bertz CT molecular complexity index is 948. The Morgan fingerprint density at radius 1 is 0.781 bits per heavy atom. The number of likely N-dealkylation sites (N-methyl/N-ethyl adjacent to an activating group) is 2. The molecule has 0 aliphatic rings. The second kappa shape index (κ2) is 11.2. The second-order valence-corrected chi connectivity index (χ2v) is 8.37. The maximum Gasteiger partial charge on any atom is 0.123 e. The van der Waals surface area contributed by atoms with Crippen molar-refractivity contribution in [2.45, 2.75) is 18.6 Å². The molecule has 170 valence electrons. The highest BCUT2D eigenvalue weighted by Crippen LogP contribution is 2.34. The molecule has 1 unspecified atom stereocenters. The van der Waals surface area contributed by atoms with Gasteiger partial charge in [-0.3, -0.25) is 0 Å². The average Bonchev–Trinajstić information content (AvgIpc) is 2.82. The van der Waals surface area contributed by atoms with Gasteiger partial charge in [-0.25, -0.2) is 4.39 Å². The molecule has 3 rings (SSSR count). The van der Waals surface area contributed by atoms with E-state index < -0.39 is 5.60 Å². The molecule has 0 heterocycles. The van der Waals surface area contributed by atoms with Gasteiger partial charge in [0.25, 0.3) is 0 Å². The van der Waals surface area contributed by atoms with E-state index in [1.54, 1.807) is 19.2 Å². The Balaban J connectivity index is 1.64. The van der Waals surface area contributed by atoms with Crippen LogP contribution in [0.15, 0.2) is 78.9 Å². The molecule has 0 saturated heterocycles. The van der Waals surface area contributed by atoms with Gasteiger partial charge >= 0.3 is 0 Å². The Morgan fingerprint density at radius 3 is 1.94 bits per heavy atom. The summed E-state index contributed by atoms with van der Waals surface area (Å²) in [7, 11) is 5.80. The Labute approximate surface area is 190 Å². The van der Waals surface area contributed by atoms with Crippen LogP contribution in [0.4, 0.5) is 4.39 Å². The van der Waals surface area contributed by atoms with Gasteiger partial charge in [0.05, 0.1) is 7.11 Å². The third-order valence-electron chi connectivity index (χ3n) is 5.90. The molecule has 0 aliphatic heterocycles. The zero-order chi connectivity index (χ0) is 23.0. The third-order valence-corrected chi connectivity index (χ3v) is 5.90. The fourth-order valence-electron chi connectivity index (χ4n) is 3.83. The molecule has 0 saturated carbocycles. The van der Waals surface area contributed by atoms with E-state index in [2.05, 4.69) is 48.2 Å². The van der Waals surface area contributed by atoms with Crippen molar-refractivity contribution < 1.29 is 14.2 Å². The molecule has 3 aromatic rings. The molecule has 1 atom stereocenters. The monoisotopic (exact) mass is 436 g/mol. The number of ether oxygens (including phenoxy) is 1. The zero-order valence-corrected chi connectivity index (χ0v) is 19.2. The fraction of sp³-hybridized carbons (Fsp3) is 0.333. The Hall–Kier alpha value is -2.73. The van der Waals surface area contributed by atoms with Gasteiger partial charge in [0, 0.05) is 26.2 Å². The molecule has 4 nitrogen and oxygen atoms in total. The molecule has 32 heavy (non-hydrogen) atoms. The van der Waals surface area contributed by atoms with Crippen LogP contribution in [0.3, 0.4) is 0 Å². The highest BCUT2D eigenvalue weighted by Gasteiger charge is 2.31. The number of nitrogens with zero attached hydrogens (tertiary/aromatic N) is 2. The number of hydrogen-bond acceptors (Lipinski definition) is 4. The minimum atomic E-state index is -1.22. The first kappa shape index (κ1) is 23.9. The van der Waals surface area contributed by atoms with E-state index in [4.69, 9.17) is 4.74 Å². The predicted molar refractivity (Wildman–Crippen MR) is 127 cm³/mol. The maximum absolute atomic E-state index is 13.5. The number of halogens is 1. The number of methoxy groups -OCH3 is 1. The topological polar surface area (TPSA) is 35.9 Å². The van der Waals surface area contributed by atoms with Crippen LogP contribution in [-0.2, 0) is 12.1 Å². The van der Waals surface area contributed by atoms with Crippen molar-refractivity contribution in [3.05, 3.63) is 101 Å². The number of benzene rings is 3. The largest absolute Gasteiger partial charge is 0.497 e. The summed E-state index contributed by atoms with van der Waals surface area (Å²) < 4.78 is 18.8. The van der Waals surface area contributed by atoms with Crippen molar-refractivity contribution in [2.75, 3.05) is 40.8 Å². The van der Waals surface area contributed by atoms with Gasteiger partial charge in [0.15, 0.2) is 0 Å². The van der Waals surface area contributed by atoms with E-state index in [0.717, 1.165) is 30.9 Å². The zero-order valence-electron chi connectivity index (χ0n) is 19.2. The lowest BCUT2D eigenvalue weighted by atomic mass is 9.83. The smallest absolute Gasteiger partial charge is 0.123 e. The Morgan fingerprint density at radius 2 is 1.34 bits per heavy atom. The van der Waals surface area contributed by atoms with Crippen LogP contribution in [0.1, 0.15) is 23.1 Å². The van der Waals surface area contributed by atoms with E-state index >= 15 is 0 Å². The van der Waals surface area contributed by atoms with E-state index in [-0.39, 0.29) is 5.82 Å². The Kier molecular flexibility index (Phi) is 8.39. The van der Waals surface area contributed by atoms with Gasteiger partial charge in [-0.1, -0.05) is 54.6 Å². The van der Waals surface area contributed by atoms with Crippen molar-refractivity contribution in [3.63, 3.8) is 0 Å². The number of rotatable bonds is 11. The summed E-state index contributed by atoms with van der Waals surface area (Å²) in [6.45, 7) is 3.40. The molecule has 0 radical (unpaired) electrons. The summed E-state index contributed by atoms with van der Waals surface area (Å²) in [5, 5.41) is 11.7. The second-order valence-electron chi connectivity index (χ2n) is 8.37. The molecule has 0 amide bonds. The molecule has 0 bridgehead atoms.